The van der Waals surface area contributed by atoms with E-state index in [1.807, 2.05) is 0 Å². The van der Waals surface area contributed by atoms with Crippen molar-refractivity contribution in [2.24, 2.45) is 0 Å². The molecule has 0 aromatic heterocycles. The minimum atomic E-state index is -1.35. The van der Waals surface area contributed by atoms with E-state index >= 15 is 0 Å². The Labute approximate surface area is 106 Å². The Kier molecular flexibility index (Phi) is 8.48. The van der Waals surface area contributed by atoms with Crippen molar-refractivity contribution in [1.29, 1.82) is 0 Å². The van der Waals surface area contributed by atoms with Gasteiger partial charge in [0.2, 0.25) is 0 Å². The fourth-order valence-electron chi connectivity index (χ4n) is 1.20. The van der Waals surface area contributed by atoms with Gasteiger partial charge in [-0.25, -0.2) is 0 Å². The number of hydrogen-bond acceptors (Lipinski definition) is 1. The Morgan fingerprint density at radius 3 is 2.29 bits per heavy atom. The van der Waals surface area contributed by atoms with E-state index in [9.17, 15) is 0 Å². The van der Waals surface area contributed by atoms with Gasteiger partial charge in [0.15, 0.2) is 0 Å². The molecule has 0 aromatic carbocycles. The number of halogens is 2. The summed E-state index contributed by atoms with van der Waals surface area (Å²) in [4.78, 5) is 4.25. The van der Waals surface area contributed by atoms with Crippen molar-refractivity contribution >= 4 is 29.6 Å². The summed E-state index contributed by atoms with van der Waals surface area (Å²) in [5.41, 5.74) is 0.223. The van der Waals surface area contributed by atoms with Crippen LogP contribution in [-0.2, 0) is 17.7 Å². The molecular weight excluding hydrogens is 253 g/mol. The van der Waals surface area contributed by atoms with Gasteiger partial charge >= 0.3 is 81.1 Å². The molecule has 0 atom stereocenters. The monoisotopic (exact) mass is 271 g/mol. The van der Waals surface area contributed by atoms with Gasteiger partial charge in [-0.1, -0.05) is 0 Å². The van der Waals surface area contributed by atoms with Gasteiger partial charge in [0, 0.05) is 0 Å². The summed E-state index contributed by atoms with van der Waals surface area (Å²) < 4.78 is 5.15. The number of nitrogens with one attached hydrogen (secondary N) is 1. The molecule has 0 fully saturated rings. The van der Waals surface area contributed by atoms with Crippen LogP contribution >= 0.6 is 24.8 Å². The Bertz CT molecular complexity index is 251. The minimum absolute atomic E-state index is 0. The van der Waals surface area contributed by atoms with Gasteiger partial charge in [-0.2, -0.15) is 0 Å². The van der Waals surface area contributed by atoms with E-state index in [0.717, 1.165) is 6.42 Å². The molecule has 14 heavy (non-hydrogen) atoms. The SMILES string of the molecule is Cl.Cl.[CH2]=[Ti]([NH]C(C)(C)C)[C]1=CC=CC1. The number of rotatable bonds is 2. The summed E-state index contributed by atoms with van der Waals surface area (Å²) in [6.07, 6.45) is 7.69. The zero-order chi connectivity index (χ0) is 9.19. The van der Waals surface area contributed by atoms with Crippen LogP contribution in [0.15, 0.2) is 22.1 Å². The van der Waals surface area contributed by atoms with Crippen LogP contribution in [0.4, 0.5) is 0 Å². The molecular formula is C10H19Cl2NTi. The molecule has 1 aliphatic rings. The van der Waals surface area contributed by atoms with Crippen LogP contribution in [0.2, 0.25) is 0 Å². The Morgan fingerprint density at radius 1 is 1.36 bits per heavy atom. The molecule has 0 saturated heterocycles. The van der Waals surface area contributed by atoms with Crippen LogP contribution in [0.1, 0.15) is 27.2 Å². The van der Waals surface area contributed by atoms with Crippen molar-refractivity contribution in [2.45, 2.75) is 32.7 Å². The fraction of sp³-hybridized carbons (Fsp3) is 0.500. The quantitative estimate of drug-likeness (QED) is 0.762. The van der Waals surface area contributed by atoms with E-state index in [2.05, 4.69) is 47.6 Å². The second kappa shape index (κ2) is 6.97. The van der Waals surface area contributed by atoms with Crippen molar-refractivity contribution < 1.29 is 17.7 Å². The molecule has 4 heteroatoms. The van der Waals surface area contributed by atoms with Crippen molar-refractivity contribution in [1.82, 2.24) is 3.80 Å². The van der Waals surface area contributed by atoms with Crippen LogP contribution < -0.4 is 3.80 Å². The summed E-state index contributed by atoms with van der Waals surface area (Å²) in [5, 5.41) is 0. The topological polar surface area (TPSA) is 12.0 Å². The standard InChI is InChI=1S/C5H5.C4H10N.CH2.2ClH.Ti/c1-2-4-5-3-1;1-4(2,3)5;;;;/h1-3H,4H2;5H,1-3H3;1H2;2*1H;/q;-1;;;;+1. The Balaban J connectivity index is 0. The molecule has 1 aliphatic carbocycles. The first kappa shape index (κ1) is 17.0. The molecule has 0 unspecified atom stereocenters. The molecule has 0 bridgehead atoms. The van der Waals surface area contributed by atoms with E-state index in [0.29, 0.717) is 0 Å². The molecule has 1 N–H and O–H groups in total. The van der Waals surface area contributed by atoms with Crippen molar-refractivity contribution in [3.05, 3.63) is 22.1 Å². The molecule has 0 spiro atoms. The van der Waals surface area contributed by atoms with Crippen molar-refractivity contribution in [2.75, 3.05) is 0 Å². The number of hydrogen-bond donors (Lipinski definition) is 1. The Hall–Kier alpha value is 0.604. The van der Waals surface area contributed by atoms with Gasteiger partial charge < -0.3 is 0 Å². The van der Waals surface area contributed by atoms with Crippen LogP contribution in [0.25, 0.3) is 0 Å². The molecule has 0 amide bonds. The summed E-state index contributed by atoms with van der Waals surface area (Å²) in [5.74, 6) is 0. The molecule has 0 radical (unpaired) electrons. The first-order valence-corrected chi connectivity index (χ1v) is 6.99. The predicted octanol–water partition coefficient (Wildman–Crippen LogP) is 3.03. The van der Waals surface area contributed by atoms with E-state index in [1.54, 1.807) is 3.88 Å². The molecule has 0 saturated carbocycles. The second-order valence-corrected chi connectivity index (χ2v) is 7.07. The summed E-state index contributed by atoms with van der Waals surface area (Å²) in [7, 11) is 0. The molecule has 1 nitrogen and oxygen atoms in total. The van der Waals surface area contributed by atoms with Crippen LogP contribution in [0, 0.1) is 0 Å². The van der Waals surface area contributed by atoms with Gasteiger partial charge in [-0.3, -0.25) is 0 Å². The third-order valence-electron chi connectivity index (χ3n) is 1.68. The zero-order valence-electron chi connectivity index (χ0n) is 8.96. The Morgan fingerprint density at radius 2 is 1.93 bits per heavy atom. The summed E-state index contributed by atoms with van der Waals surface area (Å²) in [6, 6.07) is 0. The average Bonchev–Trinajstić information content (AvgIpc) is 2.32. The van der Waals surface area contributed by atoms with E-state index in [-0.39, 0.29) is 30.4 Å². The first-order valence-electron chi connectivity index (χ1n) is 4.32. The van der Waals surface area contributed by atoms with Gasteiger partial charge in [0.05, 0.1) is 0 Å². The van der Waals surface area contributed by atoms with Crippen molar-refractivity contribution in [3.8, 4) is 0 Å². The molecule has 82 valence electrons. The zero-order valence-corrected chi connectivity index (χ0v) is 12.2. The summed E-state index contributed by atoms with van der Waals surface area (Å²) in [6.45, 7) is 6.61. The van der Waals surface area contributed by atoms with Gasteiger partial charge in [-0.05, 0) is 0 Å². The van der Waals surface area contributed by atoms with Crippen molar-refractivity contribution in [3.63, 3.8) is 0 Å². The molecule has 0 aliphatic heterocycles. The van der Waals surface area contributed by atoms with Crippen LogP contribution in [0.3, 0.4) is 0 Å². The maximum atomic E-state index is 4.25. The molecule has 0 heterocycles. The molecule has 0 aromatic rings. The van der Waals surface area contributed by atoms with Gasteiger partial charge in [0.25, 0.3) is 0 Å². The maximum absolute atomic E-state index is 4.25. The van der Waals surface area contributed by atoms with Crippen LogP contribution in [0.5, 0.6) is 0 Å². The van der Waals surface area contributed by atoms with E-state index in [4.69, 9.17) is 0 Å². The summed E-state index contributed by atoms with van der Waals surface area (Å²) >= 11 is -1.35. The fourth-order valence-corrected chi connectivity index (χ4v) is 3.90. The first-order chi connectivity index (χ1) is 5.49. The molecule has 1 rings (SSSR count). The van der Waals surface area contributed by atoms with E-state index in [1.165, 1.54) is 0 Å². The average molecular weight is 272 g/mol. The van der Waals surface area contributed by atoms with Gasteiger partial charge in [-0.15, -0.1) is 24.8 Å². The van der Waals surface area contributed by atoms with E-state index < -0.39 is 17.7 Å². The predicted molar refractivity (Wildman–Crippen MR) is 66.3 cm³/mol. The third kappa shape index (κ3) is 6.16. The normalized spacial score (nSPS) is 14.1. The van der Waals surface area contributed by atoms with Crippen LogP contribution in [-0.4, -0.2) is 10.4 Å². The second-order valence-electron chi connectivity index (χ2n) is 4.18. The number of allylic oxidation sites excluding steroid dienone is 4. The third-order valence-corrected chi connectivity index (χ3v) is 5.12. The van der Waals surface area contributed by atoms with Gasteiger partial charge in [0.1, 0.15) is 0 Å².